The molecule has 0 heterocycles. The van der Waals surface area contributed by atoms with Gasteiger partial charge >= 0.3 is 0 Å². The lowest BCUT2D eigenvalue weighted by atomic mass is 10.00. The Morgan fingerprint density at radius 3 is 1.23 bits per heavy atom. The summed E-state index contributed by atoms with van der Waals surface area (Å²) in [4.78, 5) is 12.4. The molecule has 0 bridgehead atoms. The quantitative estimate of drug-likeness (QED) is 0.0329. The Labute approximate surface area is 298 Å². The fourth-order valence-electron chi connectivity index (χ4n) is 6.57. The van der Waals surface area contributed by atoms with Gasteiger partial charge in [0.2, 0.25) is 5.91 Å². The predicted molar refractivity (Wildman–Crippen MR) is 205 cm³/mol. The van der Waals surface area contributed by atoms with Crippen molar-refractivity contribution in [1.29, 1.82) is 0 Å². The number of hydrogen-bond donors (Lipinski definition) is 5. The molecule has 0 aromatic heterocycles. The lowest BCUT2D eigenvalue weighted by Gasteiger charge is -2.27. The first kappa shape index (κ1) is 47.0. The number of aliphatic hydroxyl groups is 4. The van der Waals surface area contributed by atoms with Gasteiger partial charge in [-0.05, 0) is 32.1 Å². The largest absolute Gasteiger partial charge is 0.394 e. The van der Waals surface area contributed by atoms with Crippen molar-refractivity contribution in [3.8, 4) is 0 Å². The first-order valence-electron chi connectivity index (χ1n) is 21.1. The van der Waals surface area contributed by atoms with Gasteiger partial charge < -0.3 is 25.7 Å². The molecule has 0 saturated carbocycles. The summed E-state index contributed by atoms with van der Waals surface area (Å²) >= 11 is 0. The highest BCUT2D eigenvalue weighted by atomic mass is 16.3. The molecule has 0 aliphatic heterocycles. The summed E-state index contributed by atoms with van der Waals surface area (Å²) in [6.45, 7) is 3.95. The molecule has 0 aliphatic carbocycles. The lowest BCUT2D eigenvalue weighted by Crippen LogP contribution is -2.53. The molecule has 0 aromatic carbocycles. The van der Waals surface area contributed by atoms with Crippen molar-refractivity contribution in [1.82, 2.24) is 5.32 Å². The number of carbonyl (C=O) groups is 1. The third-order valence-corrected chi connectivity index (χ3v) is 9.98. The smallest absolute Gasteiger partial charge is 0.249 e. The maximum Gasteiger partial charge on any atom is 0.249 e. The van der Waals surface area contributed by atoms with Crippen LogP contribution in [0.15, 0.2) is 12.2 Å². The number of aliphatic hydroxyl groups excluding tert-OH is 4. The minimum atomic E-state index is -1.27. The van der Waals surface area contributed by atoms with Crippen molar-refractivity contribution in [3.63, 3.8) is 0 Å². The van der Waals surface area contributed by atoms with Crippen LogP contribution >= 0.6 is 0 Å². The summed E-state index contributed by atoms with van der Waals surface area (Å²) in [6, 6.07) is -0.994. The van der Waals surface area contributed by atoms with Crippen LogP contribution in [0, 0.1) is 0 Å². The molecule has 6 nitrogen and oxygen atoms in total. The van der Waals surface area contributed by atoms with E-state index in [1.54, 1.807) is 0 Å². The first-order chi connectivity index (χ1) is 23.5. The second kappa shape index (κ2) is 37.3. The number of unbranched alkanes of at least 4 members (excludes halogenated alkanes) is 27. The van der Waals surface area contributed by atoms with Gasteiger partial charge in [0.1, 0.15) is 12.2 Å². The van der Waals surface area contributed by atoms with E-state index in [0.717, 1.165) is 44.9 Å². The molecule has 4 atom stereocenters. The van der Waals surface area contributed by atoms with Crippen LogP contribution in [0.1, 0.15) is 219 Å². The summed E-state index contributed by atoms with van der Waals surface area (Å²) in [5.74, 6) is -0.594. The number of rotatable bonds is 38. The summed E-state index contributed by atoms with van der Waals surface area (Å²) in [6.07, 6.45) is 40.0. The number of hydrogen-bond acceptors (Lipinski definition) is 5. The van der Waals surface area contributed by atoms with E-state index in [-0.39, 0.29) is 0 Å². The van der Waals surface area contributed by atoms with Gasteiger partial charge in [0.25, 0.3) is 0 Å². The lowest BCUT2D eigenvalue weighted by molar-refractivity contribution is -0.132. The van der Waals surface area contributed by atoms with Gasteiger partial charge in [0.15, 0.2) is 0 Å². The minimum Gasteiger partial charge on any atom is -0.394 e. The van der Waals surface area contributed by atoms with E-state index in [0.29, 0.717) is 12.8 Å². The van der Waals surface area contributed by atoms with Gasteiger partial charge in [-0.3, -0.25) is 4.79 Å². The van der Waals surface area contributed by atoms with Gasteiger partial charge in [-0.2, -0.15) is 0 Å². The average Bonchev–Trinajstić information content (AvgIpc) is 3.09. The van der Waals surface area contributed by atoms with Gasteiger partial charge in [0, 0.05) is 0 Å². The van der Waals surface area contributed by atoms with Crippen LogP contribution in [0.2, 0.25) is 0 Å². The summed E-state index contributed by atoms with van der Waals surface area (Å²) in [5, 5.41) is 43.2. The Hall–Kier alpha value is -0.950. The minimum absolute atomic E-state index is 0.367. The fourth-order valence-corrected chi connectivity index (χ4v) is 6.57. The highest BCUT2D eigenvalue weighted by Crippen LogP contribution is 2.17. The van der Waals surface area contributed by atoms with Gasteiger partial charge in [-0.1, -0.05) is 199 Å². The average molecular weight is 682 g/mol. The van der Waals surface area contributed by atoms with Crippen molar-refractivity contribution >= 4 is 5.91 Å². The normalized spacial score (nSPS) is 14.4. The van der Waals surface area contributed by atoms with Crippen molar-refractivity contribution in [2.45, 2.75) is 244 Å². The van der Waals surface area contributed by atoms with Crippen LogP contribution in [0.3, 0.4) is 0 Å². The van der Waals surface area contributed by atoms with E-state index in [1.807, 2.05) is 0 Å². The topological polar surface area (TPSA) is 110 Å². The highest BCUT2D eigenvalue weighted by molar-refractivity contribution is 5.80. The number of nitrogens with one attached hydrogen (secondary N) is 1. The molecule has 6 heteroatoms. The van der Waals surface area contributed by atoms with Crippen molar-refractivity contribution < 1.29 is 25.2 Å². The SMILES string of the molecule is CCCC/C=C/CCCC(O)C(O)C(CO)NC(=O)C(O)CCCCCCCCCCCCCCCCCCCCCCCCCCC. The predicted octanol–water partition coefficient (Wildman–Crippen LogP) is 10.6. The van der Waals surface area contributed by atoms with Crippen LogP contribution in [-0.2, 0) is 4.79 Å². The van der Waals surface area contributed by atoms with E-state index in [2.05, 4.69) is 31.3 Å². The zero-order valence-electron chi connectivity index (χ0n) is 32.0. The van der Waals surface area contributed by atoms with Crippen LogP contribution in [0.25, 0.3) is 0 Å². The Morgan fingerprint density at radius 2 is 0.854 bits per heavy atom. The molecule has 48 heavy (non-hydrogen) atoms. The monoisotopic (exact) mass is 682 g/mol. The molecule has 0 rings (SSSR count). The molecule has 4 unspecified atom stereocenters. The molecule has 0 aliphatic rings. The highest BCUT2D eigenvalue weighted by Gasteiger charge is 2.28. The second-order valence-electron chi connectivity index (χ2n) is 14.7. The number of allylic oxidation sites excluding steroid dienone is 2. The van der Waals surface area contributed by atoms with E-state index >= 15 is 0 Å². The van der Waals surface area contributed by atoms with Crippen molar-refractivity contribution in [2.75, 3.05) is 6.61 Å². The van der Waals surface area contributed by atoms with Crippen LogP contribution in [-0.4, -0.2) is 57.3 Å². The third kappa shape index (κ3) is 31.1. The molecule has 286 valence electrons. The molecule has 0 radical (unpaired) electrons. The maximum atomic E-state index is 12.4. The van der Waals surface area contributed by atoms with Gasteiger partial charge in [-0.25, -0.2) is 0 Å². The zero-order valence-corrected chi connectivity index (χ0v) is 32.0. The number of carbonyl (C=O) groups excluding carboxylic acids is 1. The molecule has 0 spiro atoms. The first-order valence-corrected chi connectivity index (χ1v) is 21.1. The fraction of sp³-hybridized carbons (Fsp3) is 0.929. The summed E-state index contributed by atoms with van der Waals surface area (Å²) in [5.41, 5.74) is 0. The number of amides is 1. The van der Waals surface area contributed by atoms with Gasteiger partial charge in [-0.15, -0.1) is 0 Å². The molecular weight excluding hydrogens is 598 g/mol. The Kier molecular flexibility index (Phi) is 36.6. The Bertz CT molecular complexity index is 687. The van der Waals surface area contributed by atoms with E-state index < -0.39 is 36.9 Å². The van der Waals surface area contributed by atoms with Crippen molar-refractivity contribution in [3.05, 3.63) is 12.2 Å². The third-order valence-electron chi connectivity index (χ3n) is 9.98. The molecule has 0 fully saturated rings. The second-order valence-corrected chi connectivity index (χ2v) is 14.7. The van der Waals surface area contributed by atoms with Crippen LogP contribution in [0.4, 0.5) is 0 Å². The van der Waals surface area contributed by atoms with E-state index in [1.165, 1.54) is 148 Å². The van der Waals surface area contributed by atoms with Gasteiger partial charge in [0.05, 0.1) is 18.8 Å². The van der Waals surface area contributed by atoms with E-state index in [4.69, 9.17) is 0 Å². The Morgan fingerprint density at radius 1 is 0.500 bits per heavy atom. The Balaban J connectivity index is 3.57. The molecular formula is C42H83NO5. The summed E-state index contributed by atoms with van der Waals surface area (Å²) in [7, 11) is 0. The van der Waals surface area contributed by atoms with E-state index in [9.17, 15) is 25.2 Å². The van der Waals surface area contributed by atoms with Crippen LogP contribution in [0.5, 0.6) is 0 Å². The van der Waals surface area contributed by atoms with Crippen LogP contribution < -0.4 is 5.32 Å². The molecule has 0 saturated heterocycles. The molecule has 0 aromatic rings. The standard InChI is InChI=1S/C42H83NO5/c1-3-5-7-9-11-12-13-14-15-16-17-18-19-20-21-22-23-24-25-26-27-28-30-32-34-36-40(46)42(48)43-38(37-44)41(47)39(45)35-33-31-29-10-8-6-4-2/h10,29,38-41,44-47H,3-9,11-28,30-37H2,1-2H3,(H,43,48)/b29-10+. The van der Waals surface area contributed by atoms with Crippen molar-refractivity contribution in [2.24, 2.45) is 0 Å². The maximum absolute atomic E-state index is 12.4. The molecule has 1 amide bonds. The zero-order chi connectivity index (χ0) is 35.3. The molecule has 5 N–H and O–H groups in total. The summed E-state index contributed by atoms with van der Waals surface area (Å²) < 4.78 is 0.